The van der Waals surface area contributed by atoms with Gasteiger partial charge in [-0.1, -0.05) is 61.2 Å². The third-order valence-corrected chi connectivity index (χ3v) is 6.05. The van der Waals surface area contributed by atoms with E-state index >= 15 is 0 Å². The van der Waals surface area contributed by atoms with Crippen molar-refractivity contribution >= 4 is 0 Å². The van der Waals surface area contributed by atoms with Gasteiger partial charge in [-0.15, -0.1) is 0 Å². The van der Waals surface area contributed by atoms with Crippen LogP contribution in [-0.4, -0.2) is 29.2 Å². The summed E-state index contributed by atoms with van der Waals surface area (Å²) in [5.74, 6) is 0. The fourth-order valence-electron chi connectivity index (χ4n) is 5.04. The Bertz CT molecular complexity index is 741. The summed E-state index contributed by atoms with van der Waals surface area (Å²) >= 11 is 0. The van der Waals surface area contributed by atoms with Crippen molar-refractivity contribution in [3.05, 3.63) is 83.9 Å². The Morgan fingerprint density at radius 3 is 2.62 bits per heavy atom. The molecule has 0 spiro atoms. The molecule has 0 saturated carbocycles. The third kappa shape index (κ3) is 2.25. The number of hydrogen-bond donors (Lipinski definition) is 1. The Morgan fingerprint density at radius 1 is 1.08 bits per heavy atom. The lowest BCUT2D eigenvalue weighted by Crippen LogP contribution is -2.62. The Kier molecular flexibility index (Phi) is 3.82. The van der Waals surface area contributed by atoms with Gasteiger partial charge in [0.05, 0.1) is 13.1 Å². The molecule has 24 heavy (non-hydrogen) atoms. The van der Waals surface area contributed by atoms with E-state index in [4.69, 9.17) is 0 Å². The highest BCUT2D eigenvalue weighted by atomic mass is 16.3. The summed E-state index contributed by atoms with van der Waals surface area (Å²) in [6, 6.07) is 19.2. The maximum absolute atomic E-state index is 11.9. The Morgan fingerprint density at radius 2 is 1.83 bits per heavy atom. The summed E-state index contributed by atoms with van der Waals surface area (Å²) < 4.78 is 0.936. The average Bonchev–Trinajstić information content (AvgIpc) is 2.63. The Hall–Kier alpha value is -1.90. The highest BCUT2D eigenvalue weighted by Crippen LogP contribution is 2.49. The molecule has 0 unspecified atom stereocenters. The first-order valence-electron chi connectivity index (χ1n) is 9.04. The Balaban J connectivity index is 1.93. The Labute approximate surface area is 144 Å². The first kappa shape index (κ1) is 15.6. The summed E-state index contributed by atoms with van der Waals surface area (Å²) in [7, 11) is 0. The van der Waals surface area contributed by atoms with E-state index < -0.39 is 5.60 Å². The van der Waals surface area contributed by atoms with Gasteiger partial charge < -0.3 is 9.59 Å². The first-order chi connectivity index (χ1) is 11.7. The van der Waals surface area contributed by atoms with Crippen molar-refractivity contribution in [2.75, 3.05) is 19.6 Å². The van der Waals surface area contributed by atoms with Crippen molar-refractivity contribution in [3.63, 3.8) is 0 Å². The van der Waals surface area contributed by atoms with Crippen molar-refractivity contribution in [2.24, 2.45) is 0 Å². The summed E-state index contributed by atoms with van der Waals surface area (Å²) in [5.41, 5.74) is 2.51. The van der Waals surface area contributed by atoms with Gasteiger partial charge in [-0.2, -0.15) is 0 Å². The van der Waals surface area contributed by atoms with Crippen LogP contribution in [0.15, 0.2) is 67.3 Å². The molecule has 1 N–H and O–H groups in total. The van der Waals surface area contributed by atoms with Gasteiger partial charge in [0.15, 0.2) is 5.60 Å². The molecule has 3 atom stereocenters. The second kappa shape index (κ2) is 5.87. The number of nitrogens with zero attached hydrogens (tertiary/aromatic N) is 1. The van der Waals surface area contributed by atoms with E-state index in [0.29, 0.717) is 6.04 Å². The monoisotopic (exact) mass is 320 g/mol. The van der Waals surface area contributed by atoms with Crippen LogP contribution in [0.4, 0.5) is 0 Å². The van der Waals surface area contributed by atoms with Crippen molar-refractivity contribution in [3.8, 4) is 0 Å². The molecule has 0 bridgehead atoms. The number of aliphatic hydroxyl groups is 1. The molecule has 2 nitrogen and oxygen atoms in total. The summed E-state index contributed by atoms with van der Waals surface area (Å²) in [6.07, 6.45) is 5.75. The zero-order valence-corrected chi connectivity index (χ0v) is 14.2. The predicted molar refractivity (Wildman–Crippen MR) is 97.5 cm³/mol. The van der Waals surface area contributed by atoms with Crippen LogP contribution in [0.25, 0.3) is 0 Å². The van der Waals surface area contributed by atoms with Crippen LogP contribution in [0.5, 0.6) is 0 Å². The molecular weight excluding hydrogens is 294 g/mol. The lowest BCUT2D eigenvalue weighted by Gasteiger charge is -2.55. The molecule has 124 valence electrons. The van der Waals surface area contributed by atoms with Gasteiger partial charge in [0.25, 0.3) is 0 Å². The normalized spacial score (nSPS) is 31.8. The predicted octanol–water partition coefficient (Wildman–Crippen LogP) is 4.16. The van der Waals surface area contributed by atoms with Crippen LogP contribution in [0.3, 0.4) is 0 Å². The van der Waals surface area contributed by atoms with E-state index in [1.807, 2.05) is 24.3 Å². The second-order valence-electron chi connectivity index (χ2n) is 7.40. The topological polar surface area (TPSA) is 20.2 Å². The SMILES string of the molecule is C=CC[N@@+]12CCCC[C@@H]1c1ccccc1[C@](O)(c1ccccc1)C2. The lowest BCUT2D eigenvalue weighted by atomic mass is 9.74. The molecule has 2 aromatic carbocycles. The van der Waals surface area contributed by atoms with Crippen molar-refractivity contribution in [1.82, 2.24) is 0 Å². The molecular formula is C22H26NO+. The van der Waals surface area contributed by atoms with E-state index in [2.05, 4.69) is 43.0 Å². The minimum Gasteiger partial charge on any atom is -0.375 e. The molecule has 4 rings (SSSR count). The second-order valence-corrected chi connectivity index (χ2v) is 7.40. The maximum atomic E-state index is 11.9. The molecule has 2 aliphatic heterocycles. The van der Waals surface area contributed by atoms with E-state index in [1.165, 1.54) is 24.8 Å². The van der Waals surface area contributed by atoms with E-state index in [1.54, 1.807) is 0 Å². The van der Waals surface area contributed by atoms with Gasteiger partial charge in [-0.3, -0.25) is 0 Å². The van der Waals surface area contributed by atoms with Gasteiger partial charge in [0.2, 0.25) is 0 Å². The van der Waals surface area contributed by atoms with Gasteiger partial charge in [0, 0.05) is 17.5 Å². The van der Waals surface area contributed by atoms with Crippen LogP contribution < -0.4 is 0 Å². The molecule has 2 aromatic rings. The van der Waals surface area contributed by atoms with Crippen LogP contribution in [0.2, 0.25) is 0 Å². The number of piperidine rings is 1. The van der Waals surface area contributed by atoms with E-state index in [-0.39, 0.29) is 0 Å². The summed E-state index contributed by atoms with van der Waals surface area (Å²) in [6.45, 7) is 6.81. The molecule has 2 aliphatic rings. The number of rotatable bonds is 3. The van der Waals surface area contributed by atoms with Gasteiger partial charge in [-0.05, 0) is 24.5 Å². The zero-order chi connectivity index (χ0) is 16.6. The molecule has 0 amide bonds. The first-order valence-corrected chi connectivity index (χ1v) is 9.04. The molecule has 0 aliphatic carbocycles. The van der Waals surface area contributed by atoms with Crippen LogP contribution in [-0.2, 0) is 5.60 Å². The number of fused-ring (bicyclic) bond motifs is 3. The molecule has 0 aromatic heterocycles. The van der Waals surface area contributed by atoms with Crippen LogP contribution >= 0.6 is 0 Å². The summed E-state index contributed by atoms with van der Waals surface area (Å²) in [5, 5.41) is 11.9. The summed E-state index contributed by atoms with van der Waals surface area (Å²) in [4.78, 5) is 0. The number of quaternary nitrogens is 1. The van der Waals surface area contributed by atoms with Gasteiger partial charge >= 0.3 is 0 Å². The fourth-order valence-corrected chi connectivity index (χ4v) is 5.04. The largest absolute Gasteiger partial charge is 0.375 e. The zero-order valence-electron chi connectivity index (χ0n) is 14.2. The van der Waals surface area contributed by atoms with E-state index in [0.717, 1.165) is 35.2 Å². The van der Waals surface area contributed by atoms with Crippen LogP contribution in [0, 0.1) is 0 Å². The minimum absolute atomic E-state index is 0.483. The van der Waals surface area contributed by atoms with Crippen molar-refractivity contribution in [2.45, 2.75) is 30.9 Å². The number of hydrogen-bond acceptors (Lipinski definition) is 1. The average molecular weight is 320 g/mol. The molecule has 1 saturated heterocycles. The minimum atomic E-state index is -0.922. The quantitative estimate of drug-likeness (QED) is 0.665. The van der Waals surface area contributed by atoms with Crippen molar-refractivity contribution < 1.29 is 9.59 Å². The highest BCUT2D eigenvalue weighted by Gasteiger charge is 2.53. The van der Waals surface area contributed by atoms with Crippen LogP contribution in [0.1, 0.15) is 42.0 Å². The smallest absolute Gasteiger partial charge is 0.164 e. The maximum Gasteiger partial charge on any atom is 0.164 e. The van der Waals surface area contributed by atoms with Gasteiger partial charge in [-0.25, -0.2) is 0 Å². The molecule has 2 heterocycles. The molecule has 2 heteroatoms. The molecule has 1 fully saturated rings. The van der Waals surface area contributed by atoms with Gasteiger partial charge in [0.1, 0.15) is 12.6 Å². The van der Waals surface area contributed by atoms with E-state index in [9.17, 15) is 5.11 Å². The van der Waals surface area contributed by atoms with Crippen molar-refractivity contribution in [1.29, 1.82) is 0 Å². The number of benzene rings is 2. The highest BCUT2D eigenvalue weighted by molar-refractivity contribution is 5.44. The molecule has 0 radical (unpaired) electrons. The fraction of sp³-hybridized carbons (Fsp3) is 0.364. The lowest BCUT2D eigenvalue weighted by molar-refractivity contribution is -0.964. The standard InChI is InChI=1S/C22H26NO/c1-2-15-23-16-9-8-14-21(23)19-12-6-7-13-20(19)22(24,17-23)18-10-4-3-5-11-18/h2-7,10-13,21,24H,1,8-9,14-17H2/q+1/t21-,22-,23+/m1/s1. The third-order valence-electron chi connectivity index (χ3n) is 6.05.